The number of fused-ring (bicyclic) bond motifs is 1. The normalized spacial score (nSPS) is 10.7. The number of benzene rings is 1. The molecule has 0 aliphatic carbocycles. The van der Waals surface area contributed by atoms with Crippen molar-refractivity contribution in [1.82, 2.24) is 15.8 Å². The molecule has 4 aromatic rings. The smallest absolute Gasteiger partial charge is 0.291 e. The van der Waals surface area contributed by atoms with Crippen molar-refractivity contribution in [1.29, 1.82) is 0 Å². The van der Waals surface area contributed by atoms with Crippen LogP contribution in [0.5, 0.6) is 0 Å². The second-order valence-electron chi connectivity index (χ2n) is 6.21. The molecule has 1 aromatic carbocycles. The summed E-state index contributed by atoms with van der Waals surface area (Å²) in [6, 6.07) is 12.2. The molecule has 4 N–H and O–H groups in total. The largest absolute Gasteiger partial charge is 0.459 e. The first-order chi connectivity index (χ1) is 14.0. The highest BCUT2D eigenvalue weighted by Gasteiger charge is 2.18. The number of hydrogen-bond acceptors (Lipinski definition) is 5. The van der Waals surface area contributed by atoms with Crippen LogP contribution < -0.4 is 16.2 Å². The second-order valence-corrected chi connectivity index (χ2v) is 7.26. The van der Waals surface area contributed by atoms with E-state index in [9.17, 15) is 14.4 Å². The molecule has 146 valence electrons. The molecule has 3 aromatic heterocycles. The van der Waals surface area contributed by atoms with Crippen molar-refractivity contribution in [3.63, 3.8) is 0 Å². The van der Waals surface area contributed by atoms with E-state index in [-0.39, 0.29) is 5.76 Å². The topological polar surface area (TPSA) is 116 Å². The molecule has 3 heterocycles. The Morgan fingerprint density at radius 3 is 2.59 bits per heavy atom. The van der Waals surface area contributed by atoms with Gasteiger partial charge in [0.05, 0.1) is 21.7 Å². The van der Waals surface area contributed by atoms with E-state index in [0.717, 1.165) is 22.2 Å². The fraction of sp³-hybridized carbons (Fsp3) is 0.0500. The highest BCUT2D eigenvalue weighted by atomic mass is 32.1. The summed E-state index contributed by atoms with van der Waals surface area (Å²) in [7, 11) is 0. The lowest BCUT2D eigenvalue weighted by molar-refractivity contribution is 0.0849. The Hall–Kier alpha value is -3.85. The summed E-state index contributed by atoms with van der Waals surface area (Å²) in [4.78, 5) is 40.3. The Morgan fingerprint density at radius 2 is 1.79 bits per heavy atom. The first-order valence-electron chi connectivity index (χ1n) is 8.65. The molecule has 0 aliphatic heterocycles. The monoisotopic (exact) mass is 408 g/mol. The van der Waals surface area contributed by atoms with Gasteiger partial charge in [0.2, 0.25) is 0 Å². The van der Waals surface area contributed by atoms with E-state index in [1.165, 1.54) is 6.26 Å². The highest BCUT2D eigenvalue weighted by Crippen LogP contribution is 2.27. The van der Waals surface area contributed by atoms with Gasteiger partial charge >= 0.3 is 0 Å². The van der Waals surface area contributed by atoms with Gasteiger partial charge in [0.1, 0.15) is 0 Å². The predicted octanol–water partition coefficient (Wildman–Crippen LogP) is 3.46. The van der Waals surface area contributed by atoms with Crippen molar-refractivity contribution < 1.29 is 18.8 Å². The summed E-state index contributed by atoms with van der Waals surface area (Å²) in [6.45, 7) is 1.75. The zero-order valence-corrected chi connectivity index (χ0v) is 16.1. The molecule has 0 aliphatic rings. The van der Waals surface area contributed by atoms with Crippen LogP contribution in [0.25, 0.3) is 10.9 Å². The lowest BCUT2D eigenvalue weighted by atomic mass is 10.2. The molecule has 0 atom stereocenters. The fourth-order valence-electron chi connectivity index (χ4n) is 2.85. The van der Waals surface area contributed by atoms with Crippen molar-refractivity contribution in [3.8, 4) is 0 Å². The van der Waals surface area contributed by atoms with Crippen LogP contribution >= 0.6 is 11.3 Å². The number of rotatable bonds is 4. The molecule has 0 saturated heterocycles. The third-order valence-corrected chi connectivity index (χ3v) is 5.38. The molecule has 0 fully saturated rings. The Balaban J connectivity index is 1.41. The van der Waals surface area contributed by atoms with Gasteiger partial charge in [-0.1, -0.05) is 18.2 Å². The molecule has 0 spiro atoms. The van der Waals surface area contributed by atoms with Gasteiger partial charge in [-0.25, -0.2) is 0 Å². The summed E-state index contributed by atoms with van der Waals surface area (Å²) in [5, 5.41) is 3.94. The van der Waals surface area contributed by atoms with Crippen molar-refractivity contribution >= 4 is 45.0 Å². The van der Waals surface area contributed by atoms with Gasteiger partial charge in [-0.2, -0.15) is 0 Å². The zero-order valence-electron chi connectivity index (χ0n) is 15.2. The van der Waals surface area contributed by atoms with Gasteiger partial charge in [-0.3, -0.25) is 25.2 Å². The molecule has 29 heavy (non-hydrogen) atoms. The van der Waals surface area contributed by atoms with Crippen LogP contribution in [0.2, 0.25) is 0 Å². The maximum Gasteiger partial charge on any atom is 0.291 e. The molecular weight excluding hydrogens is 392 g/mol. The van der Waals surface area contributed by atoms with Crippen LogP contribution in [0, 0.1) is 6.92 Å². The van der Waals surface area contributed by atoms with E-state index in [2.05, 4.69) is 21.2 Å². The van der Waals surface area contributed by atoms with E-state index >= 15 is 0 Å². The van der Waals surface area contributed by atoms with Gasteiger partial charge in [-0.15, -0.1) is 11.3 Å². The molecule has 0 unspecified atom stereocenters. The third kappa shape index (κ3) is 3.76. The SMILES string of the molecule is Cc1cc(NC(=O)c2ccco2)sc1C(=O)NNC(=O)c1c[nH]c2ccccc12. The average molecular weight is 408 g/mol. The minimum absolute atomic E-state index is 0.174. The number of anilines is 1. The van der Waals surface area contributed by atoms with Crippen molar-refractivity contribution in [3.05, 3.63) is 76.7 Å². The summed E-state index contributed by atoms with van der Waals surface area (Å²) in [6.07, 6.45) is 2.99. The Kier molecular flexibility index (Phi) is 4.88. The number of carbonyl (C=O) groups is 3. The maximum atomic E-state index is 12.5. The average Bonchev–Trinajstić information content (AvgIpc) is 3.45. The van der Waals surface area contributed by atoms with E-state index in [0.29, 0.717) is 21.0 Å². The van der Waals surface area contributed by atoms with E-state index < -0.39 is 17.7 Å². The number of nitrogens with one attached hydrogen (secondary N) is 4. The summed E-state index contributed by atoms with van der Waals surface area (Å²) in [5.41, 5.74) is 6.76. The number of amides is 3. The van der Waals surface area contributed by atoms with Crippen LogP contribution in [-0.4, -0.2) is 22.7 Å². The maximum absolute atomic E-state index is 12.5. The minimum Gasteiger partial charge on any atom is -0.459 e. The number of para-hydroxylation sites is 1. The van der Waals surface area contributed by atoms with Crippen molar-refractivity contribution in [2.24, 2.45) is 0 Å². The zero-order chi connectivity index (χ0) is 20.4. The van der Waals surface area contributed by atoms with Crippen LogP contribution in [0.1, 0.15) is 36.1 Å². The molecular formula is C20H16N4O4S. The Morgan fingerprint density at radius 1 is 1.00 bits per heavy atom. The minimum atomic E-state index is -0.473. The second kappa shape index (κ2) is 7.64. The van der Waals surface area contributed by atoms with Crippen LogP contribution in [0.4, 0.5) is 5.00 Å². The molecule has 0 saturated carbocycles. The Bertz CT molecular complexity index is 1210. The number of aryl methyl sites for hydroxylation is 1. The lowest BCUT2D eigenvalue weighted by Gasteiger charge is -2.06. The molecule has 0 radical (unpaired) electrons. The number of aromatic amines is 1. The molecule has 8 nitrogen and oxygen atoms in total. The predicted molar refractivity (Wildman–Crippen MR) is 109 cm³/mol. The number of thiophene rings is 1. The molecule has 0 bridgehead atoms. The lowest BCUT2D eigenvalue weighted by Crippen LogP contribution is -2.41. The van der Waals surface area contributed by atoms with Gasteiger partial charge in [-0.05, 0) is 36.8 Å². The molecule has 4 rings (SSSR count). The van der Waals surface area contributed by atoms with Crippen LogP contribution in [0.3, 0.4) is 0 Å². The first-order valence-corrected chi connectivity index (χ1v) is 9.46. The van der Waals surface area contributed by atoms with E-state index in [1.54, 1.807) is 31.3 Å². The number of H-pyrrole nitrogens is 1. The molecule has 9 heteroatoms. The van der Waals surface area contributed by atoms with E-state index in [4.69, 9.17) is 4.42 Å². The van der Waals surface area contributed by atoms with Crippen LogP contribution in [-0.2, 0) is 0 Å². The highest BCUT2D eigenvalue weighted by molar-refractivity contribution is 7.18. The van der Waals surface area contributed by atoms with Crippen molar-refractivity contribution in [2.45, 2.75) is 6.92 Å². The standard InChI is InChI=1S/C20H16N4O4S/c1-11-9-16(22-19(26)15-7-4-8-28-15)29-17(11)20(27)24-23-18(25)13-10-21-14-6-3-2-5-12(13)14/h2-10,21H,1H3,(H,22,26)(H,23,25)(H,24,27). The quantitative estimate of drug-likeness (QED) is 0.387. The van der Waals surface area contributed by atoms with Crippen molar-refractivity contribution in [2.75, 3.05) is 5.32 Å². The summed E-state index contributed by atoms with van der Waals surface area (Å²) < 4.78 is 5.05. The molecule has 3 amide bonds. The van der Waals surface area contributed by atoms with Gasteiger partial charge in [0.25, 0.3) is 17.7 Å². The summed E-state index contributed by atoms with van der Waals surface area (Å²) in [5.74, 6) is -1.14. The van der Waals surface area contributed by atoms with E-state index in [1.807, 2.05) is 24.3 Å². The number of carbonyl (C=O) groups excluding carboxylic acids is 3. The van der Waals surface area contributed by atoms with Gasteiger partial charge in [0, 0.05) is 17.1 Å². The van der Waals surface area contributed by atoms with Gasteiger partial charge in [0.15, 0.2) is 5.76 Å². The number of aromatic nitrogens is 1. The van der Waals surface area contributed by atoms with Gasteiger partial charge < -0.3 is 14.7 Å². The third-order valence-electron chi connectivity index (χ3n) is 4.23. The van der Waals surface area contributed by atoms with Crippen LogP contribution in [0.15, 0.2) is 59.3 Å². The number of furan rings is 1. The summed E-state index contributed by atoms with van der Waals surface area (Å²) >= 11 is 1.10. The first kappa shape index (κ1) is 18.5. The Labute approximate surface area is 168 Å². The fourth-order valence-corrected chi connectivity index (χ4v) is 3.81. The number of hydrogen-bond donors (Lipinski definition) is 4. The number of hydrazine groups is 1.